The highest BCUT2D eigenvalue weighted by Gasteiger charge is 2.24. The fraction of sp³-hybridized carbons (Fsp3) is 0.320. The highest BCUT2D eigenvalue weighted by atomic mass is 16.5. The lowest BCUT2D eigenvalue weighted by Crippen LogP contribution is -2.14. The molecule has 0 bridgehead atoms. The van der Waals surface area contributed by atoms with Crippen LogP contribution in [0.3, 0.4) is 0 Å². The number of benzene rings is 2. The number of carbonyl (C=O) groups excluding carboxylic acids is 1. The second-order valence-electron chi connectivity index (χ2n) is 7.35. The molecule has 0 fully saturated rings. The van der Waals surface area contributed by atoms with Gasteiger partial charge in [-0.15, -0.1) is 0 Å². The first-order valence-corrected chi connectivity index (χ1v) is 10.3. The monoisotopic (exact) mass is 406 g/mol. The van der Waals surface area contributed by atoms with Crippen molar-refractivity contribution in [2.75, 3.05) is 14.2 Å². The number of amides is 1. The third kappa shape index (κ3) is 4.20. The molecule has 0 spiro atoms. The highest BCUT2D eigenvalue weighted by Crippen LogP contribution is 2.34. The van der Waals surface area contributed by atoms with E-state index in [1.807, 2.05) is 55.5 Å². The van der Waals surface area contributed by atoms with Crippen LogP contribution in [-0.2, 0) is 19.4 Å². The van der Waals surface area contributed by atoms with Crippen molar-refractivity contribution in [3.63, 3.8) is 0 Å². The summed E-state index contributed by atoms with van der Waals surface area (Å²) in [4.78, 5) is 12.4. The van der Waals surface area contributed by atoms with Crippen LogP contribution in [0.2, 0.25) is 0 Å². The summed E-state index contributed by atoms with van der Waals surface area (Å²) >= 11 is 0. The van der Waals surface area contributed by atoms with E-state index in [-0.39, 0.29) is 5.91 Å². The quantitative estimate of drug-likeness (QED) is 0.556. The fourth-order valence-corrected chi connectivity index (χ4v) is 4.09. The van der Waals surface area contributed by atoms with E-state index in [0.29, 0.717) is 11.3 Å². The van der Waals surface area contributed by atoms with Gasteiger partial charge in [-0.2, -0.15) is 0 Å². The molecule has 0 saturated heterocycles. The number of primary amides is 1. The number of aromatic nitrogens is 1. The molecule has 1 heterocycles. The van der Waals surface area contributed by atoms with Crippen LogP contribution < -0.4 is 15.2 Å². The molecule has 1 aromatic heterocycles. The molecule has 2 aromatic carbocycles. The summed E-state index contributed by atoms with van der Waals surface area (Å²) in [6.07, 6.45) is 2.67. The Morgan fingerprint density at radius 3 is 2.30 bits per heavy atom. The Balaban J connectivity index is 2.03. The van der Waals surface area contributed by atoms with E-state index in [0.717, 1.165) is 59.6 Å². The van der Waals surface area contributed by atoms with Gasteiger partial charge in [-0.1, -0.05) is 49.7 Å². The Hall–Kier alpha value is -3.21. The highest BCUT2D eigenvalue weighted by molar-refractivity contribution is 6.02. The van der Waals surface area contributed by atoms with Gasteiger partial charge in [-0.3, -0.25) is 4.79 Å². The van der Waals surface area contributed by atoms with E-state index in [4.69, 9.17) is 15.2 Å². The van der Waals surface area contributed by atoms with Crippen molar-refractivity contribution >= 4 is 5.91 Å². The lowest BCUT2D eigenvalue weighted by atomic mass is 9.98. The molecule has 0 aliphatic heterocycles. The van der Waals surface area contributed by atoms with Gasteiger partial charge in [0.2, 0.25) is 0 Å². The maximum absolute atomic E-state index is 12.4. The van der Waals surface area contributed by atoms with Gasteiger partial charge < -0.3 is 19.8 Å². The van der Waals surface area contributed by atoms with Gasteiger partial charge in [0.05, 0.1) is 19.8 Å². The summed E-state index contributed by atoms with van der Waals surface area (Å²) in [5.41, 5.74) is 11.7. The fourth-order valence-electron chi connectivity index (χ4n) is 4.09. The van der Waals surface area contributed by atoms with Crippen LogP contribution in [-0.4, -0.2) is 24.7 Å². The van der Waals surface area contributed by atoms with Crippen LogP contribution in [0.4, 0.5) is 0 Å². The first-order chi connectivity index (χ1) is 14.5. The first-order valence-electron chi connectivity index (χ1n) is 10.3. The lowest BCUT2D eigenvalue weighted by Gasteiger charge is -2.14. The summed E-state index contributed by atoms with van der Waals surface area (Å²) < 4.78 is 13.0. The topological polar surface area (TPSA) is 66.5 Å². The molecular weight excluding hydrogens is 376 g/mol. The number of hydrogen-bond acceptors (Lipinski definition) is 3. The smallest absolute Gasteiger partial charge is 0.251 e. The van der Waals surface area contributed by atoms with E-state index < -0.39 is 0 Å². The van der Waals surface area contributed by atoms with Gasteiger partial charge in [-0.05, 0) is 43.0 Å². The number of hydrogen-bond donors (Lipinski definition) is 1. The standard InChI is InChI=1S/C25H30N2O3/c1-5-9-20-24(19-10-7-6-8-11-19)23(25(26)28)17(2)27(20)15-14-18-12-13-21(29-3)22(16-18)30-4/h6-8,10-13,16H,5,9,14-15H2,1-4H3,(H2,26,28). The summed E-state index contributed by atoms with van der Waals surface area (Å²) in [6.45, 7) is 4.89. The molecular formula is C25H30N2O3. The molecule has 0 aliphatic rings. The molecule has 3 aromatic rings. The largest absolute Gasteiger partial charge is 0.493 e. The van der Waals surface area contributed by atoms with Crippen molar-refractivity contribution in [1.82, 2.24) is 4.57 Å². The molecule has 30 heavy (non-hydrogen) atoms. The summed E-state index contributed by atoms with van der Waals surface area (Å²) in [6, 6.07) is 16.0. The summed E-state index contributed by atoms with van der Waals surface area (Å²) in [5, 5.41) is 0. The molecule has 0 saturated carbocycles. The number of rotatable bonds is 9. The number of carbonyl (C=O) groups is 1. The van der Waals surface area contributed by atoms with E-state index in [1.54, 1.807) is 14.2 Å². The van der Waals surface area contributed by atoms with Crippen LogP contribution in [0.5, 0.6) is 11.5 Å². The number of methoxy groups -OCH3 is 2. The Kier molecular flexibility index (Phi) is 6.83. The van der Waals surface area contributed by atoms with Gasteiger partial charge in [0.25, 0.3) is 5.91 Å². The zero-order valence-corrected chi connectivity index (χ0v) is 18.2. The van der Waals surface area contributed by atoms with Gasteiger partial charge in [0.15, 0.2) is 11.5 Å². The number of ether oxygens (including phenoxy) is 2. The molecule has 0 unspecified atom stereocenters. The number of nitrogens with zero attached hydrogens (tertiary/aromatic N) is 1. The number of nitrogens with two attached hydrogens (primary N) is 1. The lowest BCUT2D eigenvalue weighted by molar-refractivity contribution is 0.1000. The van der Waals surface area contributed by atoms with Crippen LogP contribution in [0.25, 0.3) is 11.1 Å². The van der Waals surface area contributed by atoms with E-state index in [9.17, 15) is 4.79 Å². The summed E-state index contributed by atoms with van der Waals surface area (Å²) in [5.74, 6) is 1.05. The van der Waals surface area contributed by atoms with Gasteiger partial charge in [0, 0.05) is 23.5 Å². The van der Waals surface area contributed by atoms with Crippen molar-refractivity contribution in [3.05, 3.63) is 71.0 Å². The van der Waals surface area contributed by atoms with Crippen LogP contribution in [0, 0.1) is 6.92 Å². The Labute approximate surface area is 178 Å². The van der Waals surface area contributed by atoms with Crippen molar-refractivity contribution in [1.29, 1.82) is 0 Å². The van der Waals surface area contributed by atoms with Crippen LogP contribution >= 0.6 is 0 Å². The summed E-state index contributed by atoms with van der Waals surface area (Å²) in [7, 11) is 3.27. The predicted molar refractivity (Wildman–Crippen MR) is 120 cm³/mol. The molecule has 5 nitrogen and oxygen atoms in total. The number of aryl methyl sites for hydroxylation is 1. The van der Waals surface area contributed by atoms with E-state index in [2.05, 4.69) is 11.5 Å². The molecule has 1 amide bonds. The molecule has 3 rings (SSSR count). The molecule has 5 heteroatoms. The Morgan fingerprint density at radius 1 is 1.00 bits per heavy atom. The van der Waals surface area contributed by atoms with E-state index >= 15 is 0 Å². The molecule has 0 atom stereocenters. The maximum atomic E-state index is 12.4. The first kappa shape index (κ1) is 21.5. The molecule has 0 aliphatic carbocycles. The zero-order valence-electron chi connectivity index (χ0n) is 18.2. The Bertz CT molecular complexity index is 1020. The SMILES string of the molecule is CCCc1c(-c2ccccc2)c(C(N)=O)c(C)n1CCc1ccc(OC)c(OC)c1. The van der Waals surface area contributed by atoms with E-state index in [1.165, 1.54) is 0 Å². The third-order valence-electron chi connectivity index (χ3n) is 5.50. The van der Waals surface area contributed by atoms with Crippen LogP contribution in [0.15, 0.2) is 48.5 Å². The predicted octanol–water partition coefficient (Wildman–Crippen LogP) is 4.77. The van der Waals surface area contributed by atoms with Gasteiger partial charge in [-0.25, -0.2) is 0 Å². The second-order valence-corrected chi connectivity index (χ2v) is 7.35. The second kappa shape index (κ2) is 9.53. The average Bonchev–Trinajstić information content (AvgIpc) is 3.04. The van der Waals surface area contributed by atoms with Crippen molar-refractivity contribution in [3.8, 4) is 22.6 Å². The normalized spacial score (nSPS) is 10.8. The van der Waals surface area contributed by atoms with Crippen molar-refractivity contribution in [2.24, 2.45) is 5.73 Å². The minimum atomic E-state index is -0.381. The van der Waals surface area contributed by atoms with Gasteiger partial charge in [0.1, 0.15) is 0 Å². The minimum absolute atomic E-state index is 0.381. The molecule has 0 radical (unpaired) electrons. The van der Waals surface area contributed by atoms with Crippen LogP contribution in [0.1, 0.15) is 40.7 Å². The van der Waals surface area contributed by atoms with Gasteiger partial charge >= 0.3 is 0 Å². The third-order valence-corrected chi connectivity index (χ3v) is 5.50. The molecule has 158 valence electrons. The maximum Gasteiger partial charge on any atom is 0.251 e. The zero-order chi connectivity index (χ0) is 21.7. The average molecular weight is 407 g/mol. The minimum Gasteiger partial charge on any atom is -0.493 e. The Morgan fingerprint density at radius 2 is 1.70 bits per heavy atom. The van der Waals surface area contributed by atoms with Crippen molar-refractivity contribution < 1.29 is 14.3 Å². The molecule has 2 N–H and O–H groups in total. The van der Waals surface area contributed by atoms with Crippen molar-refractivity contribution in [2.45, 2.75) is 39.7 Å².